The number of nitro benzene ring substituents is 4. The van der Waals surface area contributed by atoms with Crippen molar-refractivity contribution in [1.29, 1.82) is 0 Å². The van der Waals surface area contributed by atoms with Gasteiger partial charge in [0.1, 0.15) is 35.6 Å². The van der Waals surface area contributed by atoms with E-state index < -0.39 is 101 Å². The number of hydrogen-bond acceptors (Lipinski definition) is 29. The Balaban J connectivity index is 0.000000311. The summed E-state index contributed by atoms with van der Waals surface area (Å²) in [4.78, 5) is 60.0. The van der Waals surface area contributed by atoms with Gasteiger partial charge < -0.3 is 73.9 Å². The van der Waals surface area contributed by atoms with Gasteiger partial charge in [0.25, 0.3) is 17.1 Å². The molecule has 7 aromatic rings. The van der Waals surface area contributed by atoms with Crippen molar-refractivity contribution in [3.63, 3.8) is 0 Å². The number of nitrogens with two attached hydrogens (primary N) is 2. The lowest BCUT2D eigenvalue weighted by atomic mass is 9.88. The van der Waals surface area contributed by atoms with E-state index in [1.54, 1.807) is 91.8 Å². The fourth-order valence-corrected chi connectivity index (χ4v) is 24.0. The molecule has 36 nitrogen and oxygen atoms in total. The minimum Gasteiger partial charge on any atom is -0.415 e. The lowest BCUT2D eigenvalue weighted by molar-refractivity contribution is -0.387. The zero-order valence-electron chi connectivity index (χ0n) is 96.2. The fourth-order valence-electron chi connectivity index (χ4n) is 16.5. The highest BCUT2D eigenvalue weighted by Crippen LogP contribution is 2.49. The first kappa shape index (κ1) is 130. The van der Waals surface area contributed by atoms with Crippen LogP contribution in [0, 0.1) is 58.1 Å². The van der Waals surface area contributed by atoms with Crippen molar-refractivity contribution in [3.05, 3.63) is 174 Å². The lowest BCUT2D eigenvalue weighted by Crippen LogP contribution is -2.66. The van der Waals surface area contributed by atoms with E-state index in [4.69, 9.17) is 38.0 Å². The summed E-state index contributed by atoms with van der Waals surface area (Å²) in [6.07, 6.45) is 19.0. The number of aldehydes is 1. The number of aliphatic hydroxyl groups excluding tert-OH is 4. The summed E-state index contributed by atoms with van der Waals surface area (Å²) in [7, 11) is -12.3. The molecule has 4 aromatic carbocycles. The molecular formula is C107H186FN17O19Si6. The zero-order valence-corrected chi connectivity index (χ0v) is 102. The van der Waals surface area contributed by atoms with Crippen molar-refractivity contribution >= 4 is 102 Å². The first-order valence-electron chi connectivity index (χ1n) is 53.4. The van der Waals surface area contributed by atoms with Gasteiger partial charge in [0.05, 0.1) is 88.2 Å². The third-order valence-corrected chi connectivity index (χ3v) is 59.0. The Labute approximate surface area is 898 Å². The van der Waals surface area contributed by atoms with Gasteiger partial charge in [0.2, 0.25) is 5.82 Å². The molecule has 844 valence electrons. The predicted molar refractivity (Wildman–Crippen MR) is 615 cm³/mol. The van der Waals surface area contributed by atoms with Gasteiger partial charge in [-0.2, -0.15) is 19.7 Å². The van der Waals surface area contributed by atoms with Gasteiger partial charge in [-0.15, -0.1) is 0 Å². The molecule has 3 saturated heterocycles. The molecular weight excluding hydrogens is 2010 g/mol. The summed E-state index contributed by atoms with van der Waals surface area (Å²) in [6, 6.07) is 22.8. The summed E-state index contributed by atoms with van der Waals surface area (Å²) in [5.74, 6) is -0.173. The van der Waals surface area contributed by atoms with Gasteiger partial charge in [0, 0.05) is 123 Å². The molecule has 3 aromatic heterocycles. The Morgan fingerprint density at radius 2 is 0.707 bits per heavy atom. The molecule has 12 atom stereocenters. The fraction of sp³-hybridized carbons (Fsp3) is 0.682. The molecule has 0 amide bonds. The molecule has 10 N–H and O–H groups in total. The van der Waals surface area contributed by atoms with E-state index in [9.17, 15) is 70.1 Å². The number of piperidine rings is 3. The number of hydrogen-bond donors (Lipinski definition) is 8. The third-order valence-electron chi connectivity index (χ3n) is 32.1. The second-order valence-electron chi connectivity index (χ2n) is 49.8. The Morgan fingerprint density at radius 3 is 1.01 bits per heavy atom. The van der Waals surface area contributed by atoms with Crippen LogP contribution in [0.1, 0.15) is 216 Å². The number of likely N-dealkylation sites (tertiary alicyclic amines) is 3. The van der Waals surface area contributed by atoms with E-state index in [1.165, 1.54) is 32.2 Å². The number of nitrogen functional groups attached to an aromatic ring is 2. The number of rotatable bonds is 44. The highest BCUT2D eigenvalue weighted by Gasteiger charge is 2.56. The number of aromatic nitrogens is 6. The molecule has 0 unspecified atom stereocenters. The summed E-state index contributed by atoms with van der Waals surface area (Å²) < 4.78 is 60.5. The van der Waals surface area contributed by atoms with Crippen molar-refractivity contribution in [3.8, 4) is 17.1 Å². The van der Waals surface area contributed by atoms with Crippen LogP contribution in [0.4, 0.5) is 49.9 Å². The number of nitrogens with one attached hydrogen (secondary N) is 2. The van der Waals surface area contributed by atoms with Crippen LogP contribution >= 0.6 is 0 Å². The Hall–Kier alpha value is -8.31. The standard InChI is InChI=1S/C40H75N5O5Si3.C31H67NO4Si3.C21H31N5O6.C9H8N4O2.C6H5FN2O2/c1-31-29-43(26-20-18-17-19-24-41-32-22-23-33(34(28-32)45(46)47)44-27-21-25-42-44)35(30-48-51(11,12)38(2,3)4)37(50-53(15,16)40(8,9)10)36(31)49-52(13,14)39(5,6)7;1-25-23-32(21-19-17-18-20-22-33)26(24-34-37(11,12)29(2,3)4)28(36-39(15,16)31(8,9)10)27(25)35-38(13,14)30(5,6)7;27-14-18-20(29)21(30)19(28)13-24(18)10-4-2-1-3-8-22-15-6-7-16(17(12-15)26(31)32)25-11-5-9-23-25;10-7-2-3-8(9(6-7)13(14)15)12-5-1-4-11-12;7-5-2-1-4(8)3-6(5)9(10)11/h21-23,25,27-28,31,35-37,41H,17-20,24,26,29-30H2,1-16H3;22,25-28H,17-21,23-24H2,1-16H3;5-7,9,11-12,18-22,27-30H,1-4,8,10,13-14H2;1-6H,10H2;1-3H,8H2/t31-,35+,36+,37+;25-,26+,27+,28+;18-,19+,20-,21-;;/m001../s1. The van der Waals surface area contributed by atoms with E-state index in [-0.39, 0.29) is 108 Å². The molecule has 6 heterocycles. The number of nitrogens with zero attached hydrogens (tertiary/aromatic N) is 13. The Kier molecular flexibility index (Phi) is 48.5. The summed E-state index contributed by atoms with van der Waals surface area (Å²) >= 11 is 0. The topological polar surface area (TPSA) is 465 Å². The molecule has 0 spiro atoms. The number of carbonyl (C=O) groups excluding carboxylic acids is 1. The van der Waals surface area contributed by atoms with E-state index in [0.29, 0.717) is 73.0 Å². The molecule has 0 aliphatic carbocycles. The van der Waals surface area contributed by atoms with Crippen LogP contribution in [0.5, 0.6) is 0 Å². The average Bonchev–Trinajstić information content (AvgIpc) is 0.933. The molecule has 43 heteroatoms. The van der Waals surface area contributed by atoms with Crippen LogP contribution in [0.15, 0.2) is 128 Å². The third kappa shape index (κ3) is 37.5. The first-order valence-corrected chi connectivity index (χ1v) is 70.8. The number of benzene rings is 4. The van der Waals surface area contributed by atoms with E-state index >= 15 is 0 Å². The minimum absolute atomic E-state index is 0.0183. The number of halogens is 1. The van der Waals surface area contributed by atoms with E-state index in [0.717, 1.165) is 127 Å². The summed E-state index contributed by atoms with van der Waals surface area (Å²) in [5.41, 5.74) is 13.3. The van der Waals surface area contributed by atoms with Crippen molar-refractivity contribution in [2.45, 2.75) is 385 Å². The largest absolute Gasteiger partial charge is 0.415 e. The van der Waals surface area contributed by atoms with Crippen LogP contribution in [0.3, 0.4) is 0 Å². The monoisotopic (exact) mass is 2200 g/mol. The van der Waals surface area contributed by atoms with Gasteiger partial charge >= 0.3 is 5.69 Å². The maximum absolute atomic E-state index is 12.5. The number of aliphatic hydroxyl groups is 4. The highest BCUT2D eigenvalue weighted by molar-refractivity contribution is 6.76. The molecule has 150 heavy (non-hydrogen) atoms. The molecule has 3 fully saturated rings. The van der Waals surface area contributed by atoms with Gasteiger partial charge in [0.15, 0.2) is 49.9 Å². The minimum atomic E-state index is -2.16. The van der Waals surface area contributed by atoms with Crippen molar-refractivity contribution < 1.29 is 75.9 Å². The number of nitro groups is 4. The molecule has 3 aliphatic heterocycles. The number of unbranched alkanes of at least 4 members (excludes halogenated alkanes) is 9. The van der Waals surface area contributed by atoms with Crippen LogP contribution < -0.4 is 22.1 Å². The lowest BCUT2D eigenvalue weighted by Gasteiger charge is -2.54. The van der Waals surface area contributed by atoms with E-state index in [2.05, 4.69) is 253 Å². The van der Waals surface area contributed by atoms with E-state index in [1.807, 2.05) is 11.0 Å². The molecule has 0 saturated carbocycles. The zero-order chi connectivity index (χ0) is 113. The van der Waals surface area contributed by atoms with Crippen LogP contribution in [-0.2, 0) is 31.4 Å². The molecule has 10 rings (SSSR count). The van der Waals surface area contributed by atoms with Gasteiger partial charge in [-0.1, -0.05) is 171 Å². The quantitative estimate of drug-likeness (QED) is 0.00439. The normalized spacial score (nSPS) is 20.7. The summed E-state index contributed by atoms with van der Waals surface area (Å²) in [6.45, 7) is 82.4. The Bertz CT molecular complexity index is 5320. The highest BCUT2D eigenvalue weighted by atomic mass is 28.4. The van der Waals surface area contributed by atoms with Gasteiger partial charge in [-0.05, 0) is 246 Å². The molecule has 0 radical (unpaired) electrons. The van der Waals surface area contributed by atoms with Crippen LogP contribution in [0.25, 0.3) is 17.1 Å². The van der Waals surface area contributed by atoms with Crippen LogP contribution in [0.2, 0.25) is 109 Å². The number of anilines is 4. The van der Waals surface area contributed by atoms with Crippen molar-refractivity contribution in [2.75, 3.05) is 94.3 Å². The Morgan fingerprint density at radius 1 is 0.407 bits per heavy atom. The second kappa shape index (κ2) is 55.9. The summed E-state index contributed by atoms with van der Waals surface area (Å²) in [5, 5.41) is 103. The van der Waals surface area contributed by atoms with Crippen molar-refractivity contribution in [2.24, 2.45) is 11.8 Å². The number of carbonyl (C=O) groups is 1. The second-order valence-corrected chi connectivity index (χ2v) is 78.5. The van der Waals surface area contributed by atoms with Crippen molar-refractivity contribution in [1.82, 2.24) is 44.0 Å². The average molecular weight is 2200 g/mol. The van der Waals surface area contributed by atoms with Gasteiger partial charge in [-0.3, -0.25) is 55.2 Å². The maximum Gasteiger partial charge on any atom is 0.306 e. The SMILES string of the molecule is C[C@H]1CN(CCCCCC=O)[C@H](CO[Si](C)(C)C(C)(C)C)[C@@H](O[Si](C)(C)C(C)(C)C)[C@@H]1O[Si](C)(C)C(C)(C)C.C[C@H]1CN(CCCCCCNc2ccc(-n3cccn3)c([N+](=O)[O-])c2)[C@H](CO[Si](C)(C)C(C)(C)C)[C@@H](O[Si](C)(C)C(C)(C)C)[C@@H]1O[Si](C)(C)C(C)(C)C.Nc1ccc(-n2cccn2)c([N+](=O)[O-])c1.Nc1ccc(F)c([N+](=O)[O-])c1.O=[N+]([O-])c1cc(NCCCCCCN2C[C@H](O)[C@@H](O)[C@H](O)[C@H]2CO)ccc1-n1cccn1. The molecule has 0 bridgehead atoms. The predicted octanol–water partition coefficient (Wildman–Crippen LogP) is 22.9. The van der Waals surface area contributed by atoms with Gasteiger partial charge in [-0.25, -0.2) is 14.0 Å². The molecule has 3 aliphatic rings. The van der Waals surface area contributed by atoms with Crippen LogP contribution in [-0.4, -0.2) is 273 Å². The smallest absolute Gasteiger partial charge is 0.306 e. The number of β-amino-alcohol motifs (C(OH)–C–C–N with tert-alkyl or cyclic N) is 1. The first-order chi connectivity index (χ1) is 69.3. The maximum atomic E-state index is 12.5.